The van der Waals surface area contributed by atoms with E-state index in [1.54, 1.807) is 0 Å². The van der Waals surface area contributed by atoms with E-state index in [1.165, 1.54) is 5.56 Å². The summed E-state index contributed by atoms with van der Waals surface area (Å²) in [5, 5.41) is 14.6. The molecule has 1 heterocycles. The van der Waals surface area contributed by atoms with Crippen LogP contribution in [0.4, 0.5) is 0 Å². The molecule has 0 fully saturated rings. The van der Waals surface area contributed by atoms with Gasteiger partial charge in [0.15, 0.2) is 0 Å². The van der Waals surface area contributed by atoms with E-state index < -0.39 is 0 Å². The number of aromatic hydroxyl groups is 1. The van der Waals surface area contributed by atoms with Gasteiger partial charge in [-0.3, -0.25) is 0 Å². The molecular formula is C17H24N2O. The Morgan fingerprint density at radius 2 is 1.90 bits per heavy atom. The first-order valence-electron chi connectivity index (χ1n) is 7.28. The number of hydrogen-bond acceptors (Lipinski definition) is 2. The van der Waals surface area contributed by atoms with Crippen LogP contribution < -0.4 is 0 Å². The van der Waals surface area contributed by atoms with Crippen LogP contribution in [0.25, 0.3) is 5.69 Å². The van der Waals surface area contributed by atoms with Crippen LogP contribution in [0.1, 0.15) is 50.4 Å². The van der Waals surface area contributed by atoms with Crippen molar-refractivity contribution in [2.75, 3.05) is 0 Å². The van der Waals surface area contributed by atoms with E-state index in [0.29, 0.717) is 11.8 Å². The summed E-state index contributed by atoms with van der Waals surface area (Å²) in [6, 6.07) is 8.22. The maximum absolute atomic E-state index is 10.2. The van der Waals surface area contributed by atoms with E-state index in [0.717, 1.165) is 23.4 Å². The highest BCUT2D eigenvalue weighted by Gasteiger charge is 2.21. The minimum atomic E-state index is 0.170. The molecule has 3 heteroatoms. The second-order valence-electron chi connectivity index (χ2n) is 6.19. The van der Waals surface area contributed by atoms with E-state index in [9.17, 15) is 5.11 Å². The van der Waals surface area contributed by atoms with Crippen molar-refractivity contribution in [3.05, 3.63) is 41.1 Å². The largest absolute Gasteiger partial charge is 0.492 e. The van der Waals surface area contributed by atoms with Gasteiger partial charge in [-0.15, -0.1) is 5.10 Å². The summed E-state index contributed by atoms with van der Waals surface area (Å²) >= 11 is 0. The van der Waals surface area contributed by atoms with Crippen molar-refractivity contribution < 1.29 is 5.11 Å². The molecule has 0 bridgehead atoms. The van der Waals surface area contributed by atoms with E-state index in [2.05, 4.69) is 51.9 Å². The van der Waals surface area contributed by atoms with Gasteiger partial charge in [0.25, 0.3) is 0 Å². The lowest BCUT2D eigenvalue weighted by molar-refractivity contribution is 0.438. The summed E-state index contributed by atoms with van der Waals surface area (Å²) in [6.07, 6.45) is 0.852. The number of nitrogens with zero attached hydrogens (tertiary/aromatic N) is 2. The molecule has 1 aromatic heterocycles. The lowest BCUT2D eigenvalue weighted by Crippen LogP contribution is -2.07. The summed E-state index contributed by atoms with van der Waals surface area (Å²) < 4.78 is 1.89. The summed E-state index contributed by atoms with van der Waals surface area (Å²) in [4.78, 5) is 0. The fourth-order valence-corrected chi connectivity index (χ4v) is 2.60. The smallest absolute Gasteiger partial charge is 0.234 e. The van der Waals surface area contributed by atoms with Crippen molar-refractivity contribution in [2.24, 2.45) is 5.92 Å². The first kappa shape index (κ1) is 14.6. The molecular weight excluding hydrogens is 248 g/mol. The molecule has 0 amide bonds. The number of hydrogen-bond donors (Lipinski definition) is 1. The fourth-order valence-electron chi connectivity index (χ4n) is 2.60. The van der Waals surface area contributed by atoms with Gasteiger partial charge in [0.05, 0.1) is 11.4 Å². The van der Waals surface area contributed by atoms with Gasteiger partial charge in [0.2, 0.25) is 5.88 Å². The highest BCUT2D eigenvalue weighted by molar-refractivity contribution is 5.42. The zero-order valence-corrected chi connectivity index (χ0v) is 13.0. The van der Waals surface area contributed by atoms with Crippen molar-refractivity contribution in [2.45, 2.75) is 47.0 Å². The molecule has 2 rings (SSSR count). The highest BCUT2D eigenvalue weighted by Crippen LogP contribution is 2.31. The second-order valence-corrected chi connectivity index (χ2v) is 6.19. The average Bonchev–Trinajstić information content (AvgIpc) is 2.66. The van der Waals surface area contributed by atoms with Crippen LogP contribution in [0.2, 0.25) is 0 Å². The van der Waals surface area contributed by atoms with Crippen LogP contribution in [0.3, 0.4) is 0 Å². The molecule has 0 saturated heterocycles. The van der Waals surface area contributed by atoms with Gasteiger partial charge in [-0.05, 0) is 42.9 Å². The lowest BCUT2D eigenvalue weighted by atomic mass is 9.97. The molecule has 0 spiro atoms. The van der Waals surface area contributed by atoms with Crippen LogP contribution in [-0.2, 0) is 6.42 Å². The SMILES string of the molecule is Cc1cccc(-n2nc(O)c(CC(C)C)c2C(C)C)c1. The molecule has 0 aliphatic carbocycles. The first-order chi connectivity index (χ1) is 9.40. The normalized spacial score (nSPS) is 11.6. The van der Waals surface area contributed by atoms with E-state index >= 15 is 0 Å². The standard InChI is InChI=1S/C17H24N2O/c1-11(2)9-15-16(12(3)4)19(18-17(15)20)14-8-6-7-13(5)10-14/h6-8,10-12H,9H2,1-5H3,(H,18,20). The van der Waals surface area contributed by atoms with Gasteiger partial charge in [-0.25, -0.2) is 4.68 Å². The van der Waals surface area contributed by atoms with E-state index in [-0.39, 0.29) is 5.88 Å². The first-order valence-corrected chi connectivity index (χ1v) is 7.28. The third-order valence-electron chi connectivity index (χ3n) is 3.41. The Bertz CT molecular complexity index is 597. The third-order valence-corrected chi connectivity index (χ3v) is 3.41. The fraction of sp³-hybridized carbons (Fsp3) is 0.471. The number of aromatic nitrogens is 2. The molecule has 0 aliphatic heterocycles. The predicted molar refractivity (Wildman–Crippen MR) is 82.6 cm³/mol. The lowest BCUT2D eigenvalue weighted by Gasteiger charge is -2.13. The minimum Gasteiger partial charge on any atom is -0.492 e. The third kappa shape index (κ3) is 2.87. The Morgan fingerprint density at radius 3 is 2.45 bits per heavy atom. The molecule has 1 aromatic carbocycles. The molecule has 0 unspecified atom stereocenters. The number of benzene rings is 1. The second kappa shape index (κ2) is 5.70. The van der Waals surface area contributed by atoms with Crippen LogP contribution in [-0.4, -0.2) is 14.9 Å². The topological polar surface area (TPSA) is 38.0 Å². The number of aryl methyl sites for hydroxylation is 1. The van der Waals surface area contributed by atoms with Crippen LogP contribution in [0.15, 0.2) is 24.3 Å². The van der Waals surface area contributed by atoms with Gasteiger partial charge in [-0.2, -0.15) is 0 Å². The van der Waals surface area contributed by atoms with Crippen LogP contribution in [0, 0.1) is 12.8 Å². The molecule has 0 saturated carbocycles. The molecule has 0 atom stereocenters. The zero-order chi connectivity index (χ0) is 14.9. The van der Waals surface area contributed by atoms with Crippen molar-refractivity contribution in [3.63, 3.8) is 0 Å². The highest BCUT2D eigenvalue weighted by atomic mass is 16.3. The minimum absolute atomic E-state index is 0.170. The van der Waals surface area contributed by atoms with E-state index in [4.69, 9.17) is 0 Å². The van der Waals surface area contributed by atoms with Gasteiger partial charge in [-0.1, -0.05) is 39.8 Å². The molecule has 0 radical (unpaired) electrons. The zero-order valence-electron chi connectivity index (χ0n) is 13.0. The van der Waals surface area contributed by atoms with Crippen molar-refractivity contribution >= 4 is 0 Å². The molecule has 108 valence electrons. The Labute approximate surface area is 121 Å². The molecule has 0 aliphatic rings. The molecule has 3 nitrogen and oxygen atoms in total. The van der Waals surface area contributed by atoms with Crippen molar-refractivity contribution in [1.29, 1.82) is 0 Å². The molecule has 20 heavy (non-hydrogen) atoms. The van der Waals surface area contributed by atoms with Crippen LogP contribution in [0.5, 0.6) is 5.88 Å². The Kier molecular flexibility index (Phi) is 4.17. The summed E-state index contributed by atoms with van der Waals surface area (Å²) in [6.45, 7) is 10.7. The van der Waals surface area contributed by atoms with Crippen molar-refractivity contribution in [3.8, 4) is 11.6 Å². The maximum atomic E-state index is 10.2. The maximum Gasteiger partial charge on any atom is 0.234 e. The Morgan fingerprint density at radius 1 is 1.20 bits per heavy atom. The Balaban J connectivity index is 2.59. The van der Waals surface area contributed by atoms with Gasteiger partial charge >= 0.3 is 0 Å². The number of rotatable bonds is 4. The Hall–Kier alpha value is -1.77. The summed E-state index contributed by atoms with van der Waals surface area (Å²) in [5.41, 5.74) is 4.30. The van der Waals surface area contributed by atoms with Gasteiger partial charge in [0.1, 0.15) is 0 Å². The quantitative estimate of drug-likeness (QED) is 0.905. The van der Waals surface area contributed by atoms with Crippen molar-refractivity contribution in [1.82, 2.24) is 9.78 Å². The molecule has 1 N–H and O–H groups in total. The molecule has 2 aromatic rings. The van der Waals surface area contributed by atoms with Crippen LogP contribution >= 0.6 is 0 Å². The van der Waals surface area contributed by atoms with Gasteiger partial charge < -0.3 is 5.11 Å². The summed E-state index contributed by atoms with van der Waals surface area (Å²) in [7, 11) is 0. The average molecular weight is 272 g/mol. The van der Waals surface area contributed by atoms with Gasteiger partial charge in [0, 0.05) is 5.56 Å². The monoisotopic (exact) mass is 272 g/mol. The summed E-state index contributed by atoms with van der Waals surface area (Å²) in [5.74, 6) is 0.982. The van der Waals surface area contributed by atoms with E-state index in [1.807, 2.05) is 16.8 Å². The predicted octanol–water partition coefficient (Wildman–Crippen LogP) is 4.21.